The second kappa shape index (κ2) is 5.14. The largest absolute Gasteiger partial charge is 0.379 e. The van der Waals surface area contributed by atoms with Crippen LogP contribution in [0, 0.1) is 5.82 Å². The van der Waals surface area contributed by atoms with Crippen molar-refractivity contribution in [3.05, 3.63) is 28.5 Å². The normalized spacial score (nSPS) is 13.5. The van der Waals surface area contributed by atoms with E-state index in [1.54, 1.807) is 19.1 Å². The molecule has 1 unspecified atom stereocenters. The van der Waals surface area contributed by atoms with Gasteiger partial charge >= 0.3 is 0 Å². The Morgan fingerprint density at radius 1 is 1.50 bits per heavy atom. The minimum atomic E-state index is -3.06. The Morgan fingerprint density at radius 2 is 2.12 bits per heavy atom. The van der Waals surface area contributed by atoms with E-state index in [2.05, 4.69) is 21.2 Å². The molecule has 1 aromatic rings. The van der Waals surface area contributed by atoms with Gasteiger partial charge in [0.2, 0.25) is 0 Å². The molecule has 0 bridgehead atoms. The van der Waals surface area contributed by atoms with Gasteiger partial charge in [0.05, 0.1) is 11.4 Å². The number of rotatable bonds is 4. The number of anilines is 1. The SMILES string of the molecule is CC(CS(C)(=O)=O)Nc1ccc(Br)cc1F. The predicted molar refractivity (Wildman–Crippen MR) is 66.9 cm³/mol. The highest BCUT2D eigenvalue weighted by molar-refractivity contribution is 9.10. The van der Waals surface area contributed by atoms with Crippen molar-refractivity contribution in [2.45, 2.75) is 13.0 Å². The van der Waals surface area contributed by atoms with Gasteiger partial charge in [-0.2, -0.15) is 0 Å². The van der Waals surface area contributed by atoms with Gasteiger partial charge < -0.3 is 5.32 Å². The third-order valence-corrected chi connectivity index (χ3v) is 3.48. The highest BCUT2D eigenvalue weighted by Gasteiger charge is 2.12. The topological polar surface area (TPSA) is 46.2 Å². The zero-order valence-corrected chi connectivity index (χ0v) is 11.4. The Hall–Kier alpha value is -0.620. The number of benzene rings is 1. The third-order valence-electron chi connectivity index (χ3n) is 1.89. The van der Waals surface area contributed by atoms with Gasteiger partial charge in [0.25, 0.3) is 0 Å². The molecule has 1 aromatic carbocycles. The number of sulfone groups is 1. The van der Waals surface area contributed by atoms with Gasteiger partial charge in [0.15, 0.2) is 0 Å². The lowest BCUT2D eigenvalue weighted by atomic mass is 10.3. The fourth-order valence-corrected chi connectivity index (χ4v) is 2.69. The summed E-state index contributed by atoms with van der Waals surface area (Å²) in [5.41, 5.74) is 0.305. The number of hydrogen-bond donors (Lipinski definition) is 1. The Balaban J connectivity index is 2.73. The summed E-state index contributed by atoms with van der Waals surface area (Å²) in [5, 5.41) is 2.82. The summed E-state index contributed by atoms with van der Waals surface area (Å²) in [5.74, 6) is -0.433. The molecule has 0 saturated heterocycles. The highest BCUT2D eigenvalue weighted by Crippen LogP contribution is 2.20. The van der Waals surface area contributed by atoms with Gasteiger partial charge in [-0.3, -0.25) is 0 Å². The van der Waals surface area contributed by atoms with Crippen molar-refractivity contribution in [2.75, 3.05) is 17.3 Å². The van der Waals surface area contributed by atoms with Crippen LogP contribution in [0.4, 0.5) is 10.1 Å². The molecule has 0 amide bonds. The van der Waals surface area contributed by atoms with E-state index >= 15 is 0 Å². The van der Waals surface area contributed by atoms with Crippen molar-refractivity contribution in [3.63, 3.8) is 0 Å². The minimum Gasteiger partial charge on any atom is -0.379 e. The molecule has 0 aliphatic rings. The molecule has 3 nitrogen and oxygen atoms in total. The van der Waals surface area contributed by atoms with Crippen LogP contribution >= 0.6 is 15.9 Å². The van der Waals surface area contributed by atoms with Crippen LogP contribution in [0.2, 0.25) is 0 Å². The molecule has 1 N–H and O–H groups in total. The van der Waals surface area contributed by atoms with Crippen LogP contribution in [-0.4, -0.2) is 26.5 Å². The summed E-state index contributed by atoms with van der Waals surface area (Å²) in [6.45, 7) is 1.70. The van der Waals surface area contributed by atoms with Gasteiger partial charge in [-0.25, -0.2) is 12.8 Å². The second-order valence-corrected chi connectivity index (χ2v) is 6.86. The molecule has 0 spiro atoms. The van der Waals surface area contributed by atoms with E-state index in [4.69, 9.17) is 0 Å². The Kier molecular flexibility index (Phi) is 4.32. The van der Waals surface area contributed by atoms with E-state index in [1.807, 2.05) is 0 Å². The third kappa shape index (κ3) is 4.49. The molecule has 90 valence electrons. The van der Waals surface area contributed by atoms with Crippen LogP contribution in [0.5, 0.6) is 0 Å². The lowest BCUT2D eigenvalue weighted by Crippen LogP contribution is -2.25. The van der Waals surface area contributed by atoms with Gasteiger partial charge in [-0.1, -0.05) is 15.9 Å². The van der Waals surface area contributed by atoms with Crippen LogP contribution < -0.4 is 5.32 Å². The van der Waals surface area contributed by atoms with E-state index in [0.29, 0.717) is 10.2 Å². The first-order valence-corrected chi connectivity index (χ1v) is 7.52. The van der Waals surface area contributed by atoms with Gasteiger partial charge in [-0.05, 0) is 25.1 Å². The predicted octanol–water partition coefficient (Wildman–Crippen LogP) is 2.43. The van der Waals surface area contributed by atoms with Crippen molar-refractivity contribution < 1.29 is 12.8 Å². The van der Waals surface area contributed by atoms with E-state index in [9.17, 15) is 12.8 Å². The summed E-state index contributed by atoms with van der Waals surface area (Å²) in [6.07, 6.45) is 1.16. The van der Waals surface area contributed by atoms with Crippen molar-refractivity contribution in [1.82, 2.24) is 0 Å². The maximum atomic E-state index is 13.4. The van der Waals surface area contributed by atoms with E-state index in [1.165, 1.54) is 6.07 Å². The fourth-order valence-electron chi connectivity index (χ4n) is 1.37. The smallest absolute Gasteiger partial charge is 0.149 e. The van der Waals surface area contributed by atoms with Gasteiger partial charge in [0, 0.05) is 16.8 Å². The maximum Gasteiger partial charge on any atom is 0.149 e. The molecule has 6 heteroatoms. The minimum absolute atomic E-state index is 0.0253. The van der Waals surface area contributed by atoms with Crippen LogP contribution in [-0.2, 0) is 9.84 Å². The molecule has 0 saturated carbocycles. The summed E-state index contributed by atoms with van der Waals surface area (Å²) < 4.78 is 36.1. The van der Waals surface area contributed by atoms with Crippen molar-refractivity contribution >= 4 is 31.5 Å². The standard InChI is InChI=1S/C10H13BrFNO2S/c1-7(6-16(2,14)15)13-10-4-3-8(11)5-9(10)12/h3-5,7,13H,6H2,1-2H3. The molecule has 1 atom stereocenters. The molecule has 0 heterocycles. The average Bonchev–Trinajstić information content (AvgIpc) is 2.06. The molecular weight excluding hydrogens is 297 g/mol. The van der Waals surface area contributed by atoms with Crippen LogP contribution in [0.15, 0.2) is 22.7 Å². The molecule has 1 rings (SSSR count). The number of nitrogens with one attached hydrogen (secondary N) is 1. The molecule has 0 aromatic heterocycles. The molecule has 0 fully saturated rings. The van der Waals surface area contributed by atoms with Gasteiger partial charge in [0.1, 0.15) is 15.7 Å². The Labute approximate surface area is 103 Å². The zero-order valence-electron chi connectivity index (χ0n) is 9.00. The lowest BCUT2D eigenvalue weighted by Gasteiger charge is -2.14. The monoisotopic (exact) mass is 309 g/mol. The quantitative estimate of drug-likeness (QED) is 0.929. The number of halogens is 2. The summed E-state index contributed by atoms with van der Waals surface area (Å²) in [7, 11) is -3.06. The fraction of sp³-hybridized carbons (Fsp3) is 0.400. The first-order valence-electron chi connectivity index (χ1n) is 4.67. The van der Waals surface area contributed by atoms with Gasteiger partial charge in [-0.15, -0.1) is 0 Å². The molecule has 0 aliphatic heterocycles. The lowest BCUT2D eigenvalue weighted by molar-refractivity contribution is 0.596. The summed E-state index contributed by atoms with van der Waals surface area (Å²) >= 11 is 3.15. The van der Waals surface area contributed by atoms with E-state index < -0.39 is 15.7 Å². The van der Waals surface area contributed by atoms with Crippen molar-refractivity contribution in [3.8, 4) is 0 Å². The molecular formula is C10H13BrFNO2S. The molecule has 16 heavy (non-hydrogen) atoms. The zero-order chi connectivity index (χ0) is 12.3. The van der Waals surface area contributed by atoms with E-state index in [0.717, 1.165) is 6.26 Å². The van der Waals surface area contributed by atoms with Crippen molar-refractivity contribution in [2.24, 2.45) is 0 Å². The second-order valence-electron chi connectivity index (χ2n) is 3.76. The molecule has 0 aliphatic carbocycles. The van der Waals surface area contributed by atoms with Crippen LogP contribution in [0.3, 0.4) is 0 Å². The Bertz CT molecular complexity index is 476. The maximum absolute atomic E-state index is 13.4. The Morgan fingerprint density at radius 3 is 2.62 bits per heavy atom. The average molecular weight is 310 g/mol. The van der Waals surface area contributed by atoms with Crippen LogP contribution in [0.1, 0.15) is 6.92 Å². The number of hydrogen-bond acceptors (Lipinski definition) is 3. The molecule has 0 radical (unpaired) electrons. The summed E-state index contributed by atoms with van der Waals surface area (Å²) in [6, 6.07) is 4.26. The van der Waals surface area contributed by atoms with E-state index in [-0.39, 0.29) is 11.8 Å². The highest BCUT2D eigenvalue weighted by atomic mass is 79.9. The van der Waals surface area contributed by atoms with Crippen molar-refractivity contribution in [1.29, 1.82) is 0 Å². The first-order chi connectivity index (χ1) is 7.28. The van der Waals surface area contributed by atoms with Crippen LogP contribution in [0.25, 0.3) is 0 Å². The summed E-state index contributed by atoms with van der Waals surface area (Å²) in [4.78, 5) is 0. The first kappa shape index (κ1) is 13.4.